The summed E-state index contributed by atoms with van der Waals surface area (Å²) in [6, 6.07) is 2.47. The van der Waals surface area contributed by atoms with Gasteiger partial charge in [0.15, 0.2) is 5.78 Å². The van der Waals surface area contributed by atoms with Crippen LogP contribution in [0.5, 0.6) is 0 Å². The predicted octanol–water partition coefficient (Wildman–Crippen LogP) is 2.08. The first-order valence-electron chi connectivity index (χ1n) is 7.59. The van der Waals surface area contributed by atoms with Gasteiger partial charge < -0.3 is 9.30 Å². The summed E-state index contributed by atoms with van der Waals surface area (Å²) in [6.07, 6.45) is 3.91. The molecule has 0 spiro atoms. The highest BCUT2D eigenvalue weighted by Crippen LogP contribution is 2.29. The van der Waals surface area contributed by atoms with Crippen LogP contribution in [0.4, 0.5) is 0 Å². The summed E-state index contributed by atoms with van der Waals surface area (Å²) in [4.78, 5) is 14.9. The molecule has 1 saturated carbocycles. The van der Waals surface area contributed by atoms with E-state index in [0.717, 1.165) is 36.5 Å². The van der Waals surface area contributed by atoms with E-state index >= 15 is 0 Å². The van der Waals surface area contributed by atoms with Crippen LogP contribution in [0, 0.1) is 13.8 Å². The maximum absolute atomic E-state index is 12.6. The third-order valence-electron chi connectivity index (χ3n) is 5.02. The van der Waals surface area contributed by atoms with Crippen LogP contribution in [0.2, 0.25) is 0 Å². The third kappa shape index (κ3) is 2.31. The van der Waals surface area contributed by atoms with Gasteiger partial charge in [-0.05, 0) is 39.2 Å². The highest BCUT2D eigenvalue weighted by Gasteiger charge is 2.36. The molecule has 0 N–H and O–H groups in total. The molecular weight excluding hydrogens is 252 g/mol. The van der Waals surface area contributed by atoms with Gasteiger partial charge in [-0.2, -0.15) is 0 Å². The quantitative estimate of drug-likeness (QED) is 0.793. The molecule has 1 aliphatic carbocycles. The third-order valence-corrected chi connectivity index (χ3v) is 5.02. The van der Waals surface area contributed by atoms with Crippen LogP contribution in [0.3, 0.4) is 0 Å². The van der Waals surface area contributed by atoms with Crippen molar-refractivity contribution >= 4 is 5.78 Å². The minimum absolute atomic E-state index is 0.249. The molecule has 0 radical (unpaired) electrons. The van der Waals surface area contributed by atoms with Gasteiger partial charge in [-0.1, -0.05) is 0 Å². The number of aryl methyl sites for hydroxylation is 1. The van der Waals surface area contributed by atoms with Crippen molar-refractivity contribution in [3.05, 3.63) is 23.0 Å². The SMILES string of the molecule is Cc1cc(C(=O)CN2CCOC3CCCC32)c(C)n1C. The van der Waals surface area contributed by atoms with Gasteiger partial charge in [-0.15, -0.1) is 0 Å². The van der Waals surface area contributed by atoms with Gasteiger partial charge in [0, 0.05) is 36.6 Å². The van der Waals surface area contributed by atoms with Gasteiger partial charge in [0.1, 0.15) is 0 Å². The molecule has 1 aromatic heterocycles. The lowest BCUT2D eigenvalue weighted by Crippen LogP contribution is -2.50. The molecule has 2 aliphatic rings. The first-order valence-corrected chi connectivity index (χ1v) is 7.59. The minimum atomic E-state index is 0.249. The van der Waals surface area contributed by atoms with E-state index < -0.39 is 0 Å². The van der Waals surface area contributed by atoms with E-state index in [1.54, 1.807) is 0 Å². The van der Waals surface area contributed by atoms with Crippen molar-refractivity contribution in [3.63, 3.8) is 0 Å². The zero-order valence-electron chi connectivity index (χ0n) is 12.7. The Morgan fingerprint density at radius 3 is 2.90 bits per heavy atom. The van der Waals surface area contributed by atoms with Crippen molar-refractivity contribution in [3.8, 4) is 0 Å². The fourth-order valence-corrected chi connectivity index (χ4v) is 3.61. The zero-order chi connectivity index (χ0) is 14.3. The van der Waals surface area contributed by atoms with Crippen LogP contribution in [0.15, 0.2) is 6.07 Å². The molecular formula is C16H24N2O2. The molecule has 1 aromatic rings. The van der Waals surface area contributed by atoms with Crippen molar-refractivity contribution in [2.45, 2.75) is 45.3 Å². The van der Waals surface area contributed by atoms with Crippen molar-refractivity contribution < 1.29 is 9.53 Å². The number of rotatable bonds is 3. The molecule has 0 amide bonds. The molecule has 1 aliphatic heterocycles. The number of hydrogen-bond acceptors (Lipinski definition) is 3. The first-order chi connectivity index (χ1) is 9.58. The topological polar surface area (TPSA) is 34.5 Å². The van der Waals surface area contributed by atoms with Gasteiger partial charge in [0.25, 0.3) is 0 Å². The van der Waals surface area contributed by atoms with E-state index in [2.05, 4.69) is 9.47 Å². The molecule has 0 aromatic carbocycles. The lowest BCUT2D eigenvalue weighted by Gasteiger charge is -2.37. The number of hydrogen-bond donors (Lipinski definition) is 0. The molecule has 3 rings (SSSR count). The normalized spacial score (nSPS) is 26.8. The summed E-state index contributed by atoms with van der Waals surface area (Å²) < 4.78 is 7.90. The molecule has 4 nitrogen and oxygen atoms in total. The van der Waals surface area contributed by atoms with Crippen molar-refractivity contribution in [2.24, 2.45) is 7.05 Å². The van der Waals surface area contributed by atoms with Crippen molar-refractivity contribution in [2.75, 3.05) is 19.7 Å². The van der Waals surface area contributed by atoms with Gasteiger partial charge >= 0.3 is 0 Å². The smallest absolute Gasteiger partial charge is 0.178 e. The van der Waals surface area contributed by atoms with E-state index in [0.29, 0.717) is 18.7 Å². The van der Waals surface area contributed by atoms with Gasteiger partial charge in [0.05, 0.1) is 19.3 Å². The second-order valence-electron chi connectivity index (χ2n) is 6.14. The number of nitrogens with zero attached hydrogens (tertiary/aromatic N) is 2. The molecule has 0 bridgehead atoms. The van der Waals surface area contributed by atoms with Crippen molar-refractivity contribution in [1.82, 2.24) is 9.47 Å². The number of carbonyl (C=O) groups excluding carboxylic acids is 1. The largest absolute Gasteiger partial charge is 0.375 e. The average molecular weight is 276 g/mol. The van der Waals surface area contributed by atoms with Crippen LogP contribution >= 0.6 is 0 Å². The lowest BCUT2D eigenvalue weighted by molar-refractivity contribution is -0.0522. The zero-order valence-corrected chi connectivity index (χ0v) is 12.7. The van der Waals surface area contributed by atoms with E-state index in [-0.39, 0.29) is 5.78 Å². The van der Waals surface area contributed by atoms with Crippen LogP contribution in [0.25, 0.3) is 0 Å². The Bertz CT molecular complexity index is 521. The number of ketones is 1. The fourth-order valence-electron chi connectivity index (χ4n) is 3.61. The molecule has 2 fully saturated rings. The number of ether oxygens (including phenoxy) is 1. The molecule has 4 heteroatoms. The van der Waals surface area contributed by atoms with E-state index in [4.69, 9.17) is 4.74 Å². The summed E-state index contributed by atoms with van der Waals surface area (Å²) in [7, 11) is 2.02. The Labute approximate surface area is 120 Å². The molecule has 2 heterocycles. The standard InChI is InChI=1S/C16H24N2O2/c1-11-9-13(12(2)17(11)3)15(19)10-18-7-8-20-16-6-4-5-14(16)18/h9,14,16H,4-8,10H2,1-3H3. The second kappa shape index (κ2) is 5.34. The Morgan fingerprint density at radius 2 is 2.20 bits per heavy atom. The molecule has 1 saturated heterocycles. The summed E-state index contributed by atoms with van der Waals surface area (Å²) >= 11 is 0. The van der Waals surface area contributed by atoms with E-state index in [1.807, 2.05) is 27.0 Å². The monoisotopic (exact) mass is 276 g/mol. The predicted molar refractivity (Wildman–Crippen MR) is 78.2 cm³/mol. The molecule has 2 atom stereocenters. The summed E-state index contributed by atoms with van der Waals surface area (Å²) in [5.74, 6) is 0.249. The number of morpholine rings is 1. The lowest BCUT2D eigenvalue weighted by atomic mass is 10.1. The molecule has 110 valence electrons. The Hall–Kier alpha value is -1.13. The van der Waals surface area contributed by atoms with E-state index in [1.165, 1.54) is 12.8 Å². The average Bonchev–Trinajstić information content (AvgIpc) is 3.00. The Balaban J connectivity index is 1.73. The van der Waals surface area contributed by atoms with Crippen LogP contribution in [-0.4, -0.2) is 47.1 Å². The van der Waals surface area contributed by atoms with Crippen LogP contribution in [0.1, 0.15) is 41.0 Å². The van der Waals surface area contributed by atoms with Crippen LogP contribution in [-0.2, 0) is 11.8 Å². The number of Topliss-reactive ketones (excluding diaryl/α,β-unsaturated/α-hetero) is 1. The maximum atomic E-state index is 12.6. The number of aromatic nitrogens is 1. The Morgan fingerprint density at radius 1 is 1.40 bits per heavy atom. The van der Waals surface area contributed by atoms with Crippen molar-refractivity contribution in [1.29, 1.82) is 0 Å². The first kappa shape index (κ1) is 13.8. The summed E-state index contributed by atoms with van der Waals surface area (Å²) in [6.45, 7) is 6.26. The number of fused-ring (bicyclic) bond motifs is 1. The highest BCUT2D eigenvalue weighted by molar-refractivity contribution is 5.99. The summed E-state index contributed by atoms with van der Waals surface area (Å²) in [5.41, 5.74) is 3.10. The van der Waals surface area contributed by atoms with E-state index in [9.17, 15) is 4.79 Å². The summed E-state index contributed by atoms with van der Waals surface area (Å²) in [5, 5.41) is 0. The van der Waals surface area contributed by atoms with Gasteiger partial charge in [-0.3, -0.25) is 9.69 Å². The fraction of sp³-hybridized carbons (Fsp3) is 0.688. The van der Waals surface area contributed by atoms with Crippen LogP contribution < -0.4 is 0 Å². The van der Waals surface area contributed by atoms with Gasteiger partial charge in [0.2, 0.25) is 0 Å². The Kier molecular flexibility index (Phi) is 3.69. The second-order valence-corrected chi connectivity index (χ2v) is 6.14. The highest BCUT2D eigenvalue weighted by atomic mass is 16.5. The maximum Gasteiger partial charge on any atom is 0.178 e. The molecule has 20 heavy (non-hydrogen) atoms. The number of carbonyl (C=O) groups is 1. The van der Waals surface area contributed by atoms with Gasteiger partial charge in [-0.25, -0.2) is 0 Å². The minimum Gasteiger partial charge on any atom is -0.375 e. The molecule has 2 unspecified atom stereocenters.